The Bertz CT molecular complexity index is 1190. The summed E-state index contributed by atoms with van der Waals surface area (Å²) in [6.07, 6.45) is 2.74. The molecule has 0 aliphatic carbocycles. The summed E-state index contributed by atoms with van der Waals surface area (Å²) in [5, 5.41) is 11.2. The molecule has 0 spiro atoms. The standard InChI is InChI=1S/C26H33ClN8O/c1-18-14-24(32-31-18)29-23-16-25(34-12-10-33(2)11-13-34)30-22(28-23)15-19-4-3-9-35(17-19)26(36)20-5-7-21(27)8-6-20/h5-8,14,16,19H,3-4,9-13,15,17H2,1-2H3,(H2,28,29,30,31,32)/t19-/m1/s1. The molecule has 0 bridgehead atoms. The van der Waals surface area contributed by atoms with E-state index in [0.29, 0.717) is 23.0 Å². The summed E-state index contributed by atoms with van der Waals surface area (Å²) in [5.74, 6) is 3.57. The second-order valence-electron chi connectivity index (χ2n) is 9.85. The van der Waals surface area contributed by atoms with E-state index in [-0.39, 0.29) is 5.91 Å². The van der Waals surface area contributed by atoms with Gasteiger partial charge in [0.1, 0.15) is 17.5 Å². The van der Waals surface area contributed by atoms with Crippen molar-refractivity contribution in [3.8, 4) is 0 Å². The lowest BCUT2D eigenvalue weighted by atomic mass is 9.94. The zero-order valence-corrected chi connectivity index (χ0v) is 21.6. The average Bonchev–Trinajstić information content (AvgIpc) is 3.29. The molecule has 2 N–H and O–H groups in total. The summed E-state index contributed by atoms with van der Waals surface area (Å²) >= 11 is 6.00. The van der Waals surface area contributed by atoms with Crippen LogP contribution in [0.5, 0.6) is 0 Å². The van der Waals surface area contributed by atoms with Gasteiger partial charge in [0, 0.05) is 74.1 Å². The number of carbonyl (C=O) groups is 1. The molecule has 10 heteroatoms. The van der Waals surface area contributed by atoms with E-state index in [1.165, 1.54) is 0 Å². The number of likely N-dealkylation sites (tertiary alicyclic amines) is 1. The molecule has 1 atom stereocenters. The number of aromatic amines is 1. The summed E-state index contributed by atoms with van der Waals surface area (Å²) in [7, 11) is 2.15. The summed E-state index contributed by atoms with van der Waals surface area (Å²) < 4.78 is 0. The van der Waals surface area contributed by atoms with Crippen LogP contribution in [0.1, 0.15) is 34.7 Å². The number of nitrogens with zero attached hydrogens (tertiary/aromatic N) is 6. The molecule has 2 aliphatic rings. The van der Waals surface area contributed by atoms with Crippen molar-refractivity contribution < 1.29 is 4.79 Å². The van der Waals surface area contributed by atoms with Crippen LogP contribution < -0.4 is 10.2 Å². The zero-order chi connectivity index (χ0) is 25.1. The first-order valence-corrected chi connectivity index (χ1v) is 13.0. The zero-order valence-electron chi connectivity index (χ0n) is 20.9. The van der Waals surface area contributed by atoms with Gasteiger partial charge in [-0.3, -0.25) is 9.89 Å². The van der Waals surface area contributed by atoms with Gasteiger partial charge in [-0.15, -0.1) is 0 Å². The number of aryl methyl sites for hydroxylation is 1. The summed E-state index contributed by atoms with van der Waals surface area (Å²) in [6.45, 7) is 7.31. The van der Waals surface area contributed by atoms with Gasteiger partial charge in [-0.25, -0.2) is 9.97 Å². The molecule has 3 aromatic rings. The number of hydrogen-bond donors (Lipinski definition) is 2. The number of nitrogens with one attached hydrogen (secondary N) is 2. The van der Waals surface area contributed by atoms with Crippen LogP contribution in [0, 0.1) is 12.8 Å². The predicted molar refractivity (Wildman–Crippen MR) is 142 cm³/mol. The van der Waals surface area contributed by atoms with E-state index in [1.807, 2.05) is 24.0 Å². The van der Waals surface area contributed by atoms with Crippen LogP contribution in [0.2, 0.25) is 5.02 Å². The highest BCUT2D eigenvalue weighted by Crippen LogP contribution is 2.25. The SMILES string of the molecule is Cc1cc(Nc2cc(N3CCN(C)CC3)nc(C[C@H]3CCCN(C(=O)c4ccc(Cl)cc4)C3)n2)n[nH]1. The second-order valence-corrected chi connectivity index (χ2v) is 10.3. The van der Waals surface area contributed by atoms with Crippen molar-refractivity contribution in [2.24, 2.45) is 5.92 Å². The van der Waals surface area contributed by atoms with Crippen molar-refractivity contribution in [1.29, 1.82) is 0 Å². The van der Waals surface area contributed by atoms with Crippen LogP contribution in [0.4, 0.5) is 17.5 Å². The number of benzene rings is 1. The van der Waals surface area contributed by atoms with Crippen molar-refractivity contribution in [2.75, 3.05) is 56.5 Å². The molecule has 0 unspecified atom stereocenters. The topological polar surface area (TPSA) is 93.3 Å². The quantitative estimate of drug-likeness (QED) is 0.523. The Morgan fingerprint density at radius 1 is 1.08 bits per heavy atom. The first kappa shape index (κ1) is 24.5. The Kier molecular flexibility index (Phi) is 7.38. The molecule has 1 aromatic carbocycles. The van der Waals surface area contributed by atoms with E-state index in [1.54, 1.807) is 24.3 Å². The third-order valence-corrected chi connectivity index (χ3v) is 7.17. The largest absolute Gasteiger partial charge is 0.354 e. The number of hydrogen-bond acceptors (Lipinski definition) is 7. The molecular formula is C26H33ClN8O. The highest BCUT2D eigenvalue weighted by Gasteiger charge is 2.26. The number of anilines is 3. The molecule has 0 radical (unpaired) electrons. The van der Waals surface area contributed by atoms with Crippen LogP contribution >= 0.6 is 11.6 Å². The molecule has 2 saturated heterocycles. The number of aromatic nitrogens is 4. The van der Waals surface area contributed by atoms with Crippen LogP contribution in [0.3, 0.4) is 0 Å². The fourth-order valence-electron chi connectivity index (χ4n) is 4.90. The number of piperazine rings is 1. The van der Waals surface area contributed by atoms with Gasteiger partial charge in [-0.2, -0.15) is 5.10 Å². The van der Waals surface area contributed by atoms with Crippen LogP contribution in [-0.2, 0) is 6.42 Å². The molecule has 2 fully saturated rings. The fraction of sp³-hybridized carbons (Fsp3) is 0.462. The third kappa shape index (κ3) is 5.96. The van der Waals surface area contributed by atoms with E-state index < -0.39 is 0 Å². The van der Waals surface area contributed by atoms with Gasteiger partial charge in [0.05, 0.1) is 0 Å². The van der Waals surface area contributed by atoms with E-state index in [2.05, 4.69) is 32.4 Å². The van der Waals surface area contributed by atoms with E-state index in [9.17, 15) is 4.79 Å². The number of amides is 1. The van der Waals surface area contributed by atoms with Gasteiger partial charge < -0.3 is 20.0 Å². The summed E-state index contributed by atoms with van der Waals surface area (Å²) in [6, 6.07) is 11.1. The Labute approximate surface area is 216 Å². The van der Waals surface area contributed by atoms with Gasteiger partial charge >= 0.3 is 0 Å². The van der Waals surface area contributed by atoms with Gasteiger partial charge in [-0.05, 0) is 57.0 Å². The lowest BCUT2D eigenvalue weighted by Crippen LogP contribution is -2.45. The molecule has 2 aromatic heterocycles. The van der Waals surface area contributed by atoms with Gasteiger partial charge in [0.15, 0.2) is 5.82 Å². The first-order valence-electron chi connectivity index (χ1n) is 12.6. The minimum atomic E-state index is 0.0553. The lowest BCUT2D eigenvalue weighted by Gasteiger charge is -2.34. The van der Waals surface area contributed by atoms with E-state index in [0.717, 1.165) is 81.0 Å². The minimum absolute atomic E-state index is 0.0553. The summed E-state index contributed by atoms with van der Waals surface area (Å²) in [5.41, 5.74) is 1.66. The Morgan fingerprint density at radius 2 is 1.86 bits per heavy atom. The Morgan fingerprint density at radius 3 is 2.58 bits per heavy atom. The average molecular weight is 509 g/mol. The molecule has 5 rings (SSSR count). The normalized spacial score (nSPS) is 18.9. The third-order valence-electron chi connectivity index (χ3n) is 6.92. The molecule has 4 heterocycles. The van der Waals surface area contributed by atoms with E-state index >= 15 is 0 Å². The van der Waals surface area contributed by atoms with Crippen LogP contribution in [0.15, 0.2) is 36.4 Å². The van der Waals surface area contributed by atoms with Crippen molar-refractivity contribution in [1.82, 2.24) is 30.0 Å². The molecule has 0 saturated carbocycles. The van der Waals surface area contributed by atoms with Crippen molar-refractivity contribution in [3.05, 3.63) is 58.5 Å². The molecule has 9 nitrogen and oxygen atoms in total. The maximum absolute atomic E-state index is 13.1. The number of piperidine rings is 1. The number of H-pyrrole nitrogens is 1. The highest BCUT2D eigenvalue weighted by molar-refractivity contribution is 6.30. The van der Waals surface area contributed by atoms with Gasteiger partial charge in [0.25, 0.3) is 5.91 Å². The van der Waals surface area contributed by atoms with Crippen LogP contribution in [0.25, 0.3) is 0 Å². The number of likely N-dealkylation sites (N-methyl/N-ethyl adjacent to an activating group) is 1. The molecular weight excluding hydrogens is 476 g/mol. The Hall–Kier alpha value is -3.17. The van der Waals surface area contributed by atoms with Gasteiger partial charge in [0.2, 0.25) is 0 Å². The van der Waals surface area contributed by atoms with Crippen molar-refractivity contribution in [2.45, 2.75) is 26.2 Å². The number of carbonyl (C=O) groups excluding carboxylic acids is 1. The lowest BCUT2D eigenvalue weighted by molar-refractivity contribution is 0.0672. The minimum Gasteiger partial charge on any atom is -0.354 e. The van der Waals surface area contributed by atoms with Crippen LogP contribution in [-0.4, -0.2) is 82.2 Å². The molecule has 190 valence electrons. The number of halogens is 1. The highest BCUT2D eigenvalue weighted by atomic mass is 35.5. The van der Waals surface area contributed by atoms with Crippen molar-refractivity contribution in [3.63, 3.8) is 0 Å². The number of rotatable bonds is 6. The Balaban J connectivity index is 1.33. The van der Waals surface area contributed by atoms with Crippen molar-refractivity contribution >= 4 is 35.0 Å². The fourth-order valence-corrected chi connectivity index (χ4v) is 5.02. The molecule has 1 amide bonds. The maximum atomic E-state index is 13.1. The molecule has 36 heavy (non-hydrogen) atoms. The maximum Gasteiger partial charge on any atom is 0.253 e. The monoisotopic (exact) mass is 508 g/mol. The summed E-state index contributed by atoms with van der Waals surface area (Å²) in [4.78, 5) is 29.5. The van der Waals surface area contributed by atoms with E-state index in [4.69, 9.17) is 21.6 Å². The predicted octanol–water partition coefficient (Wildman–Crippen LogP) is 3.75. The molecule has 2 aliphatic heterocycles. The first-order chi connectivity index (χ1) is 17.4. The second kappa shape index (κ2) is 10.8. The smallest absolute Gasteiger partial charge is 0.253 e. The van der Waals surface area contributed by atoms with Gasteiger partial charge in [-0.1, -0.05) is 11.6 Å².